The van der Waals surface area contributed by atoms with Gasteiger partial charge in [-0.25, -0.2) is 0 Å². The number of hydrogen-bond donors (Lipinski definition) is 5. The van der Waals surface area contributed by atoms with Crippen molar-refractivity contribution in [3.8, 4) is 0 Å². The second kappa shape index (κ2) is 12.1. The Hall–Kier alpha value is -0.980. The van der Waals surface area contributed by atoms with E-state index in [0.29, 0.717) is 5.02 Å². The number of halogens is 1. The van der Waals surface area contributed by atoms with E-state index in [1.807, 2.05) is 0 Å². The fourth-order valence-corrected chi connectivity index (χ4v) is 0.862. The van der Waals surface area contributed by atoms with Crippen LogP contribution < -0.4 is 5.32 Å². The van der Waals surface area contributed by atoms with Crippen molar-refractivity contribution in [3.05, 3.63) is 29.3 Å². The summed E-state index contributed by atoms with van der Waals surface area (Å²) in [5, 5.41) is 3.30. The maximum atomic E-state index is 10.6. The molecule has 106 valence electrons. The molecule has 1 amide bonds. The van der Waals surface area contributed by atoms with Crippen molar-refractivity contribution in [2.45, 2.75) is 6.92 Å². The molecule has 0 atom stereocenters. The average Bonchev–Trinajstić information content (AvgIpc) is 2.19. The molecule has 0 bridgehead atoms. The fraction of sp³-hybridized carbons (Fsp3) is 0.125. The number of rotatable bonds is 1. The lowest BCUT2D eigenvalue weighted by atomic mass is 10.3. The van der Waals surface area contributed by atoms with E-state index in [1.165, 1.54) is 6.92 Å². The first-order valence-electron chi connectivity index (χ1n) is 4.38. The van der Waals surface area contributed by atoms with Gasteiger partial charge in [-0.1, -0.05) is 11.6 Å². The Morgan fingerprint density at radius 3 is 1.63 bits per heavy atom. The van der Waals surface area contributed by atoms with E-state index in [2.05, 4.69) is 5.32 Å². The van der Waals surface area contributed by atoms with Crippen LogP contribution in [0.15, 0.2) is 24.3 Å². The van der Waals surface area contributed by atoms with Crippen LogP contribution in [-0.4, -0.2) is 25.5 Å². The quantitative estimate of drug-likeness (QED) is 0.491. The van der Waals surface area contributed by atoms with Crippen LogP contribution in [0.3, 0.4) is 0 Å². The minimum atomic E-state index is -2.87. The number of benzene rings is 1. The van der Waals surface area contributed by atoms with E-state index in [1.54, 1.807) is 24.3 Å². The smallest absolute Gasteiger partial charge is 0.326 e. The number of carbonyl (C=O) groups is 1. The van der Waals surface area contributed by atoms with Crippen LogP contribution in [0, 0.1) is 0 Å². The Morgan fingerprint density at radius 1 is 1.05 bits per heavy atom. The molecule has 1 aromatic rings. The van der Waals surface area contributed by atoms with Crippen molar-refractivity contribution in [1.29, 1.82) is 0 Å². The van der Waals surface area contributed by atoms with Crippen LogP contribution in [0.25, 0.3) is 0 Å². The highest BCUT2D eigenvalue weighted by molar-refractivity contribution is 7.31. The van der Waals surface area contributed by atoms with Crippen LogP contribution in [0.1, 0.15) is 6.92 Å². The highest BCUT2D eigenvalue weighted by Crippen LogP contribution is 2.12. The van der Waals surface area contributed by atoms with E-state index in [4.69, 9.17) is 40.3 Å². The summed E-state index contributed by atoms with van der Waals surface area (Å²) in [6, 6.07) is 6.97. The van der Waals surface area contributed by atoms with Crippen molar-refractivity contribution in [2.75, 3.05) is 5.32 Å². The molecule has 19 heavy (non-hydrogen) atoms. The van der Waals surface area contributed by atoms with E-state index in [-0.39, 0.29) is 5.91 Å². The van der Waals surface area contributed by atoms with Gasteiger partial charge in [-0.2, -0.15) is 0 Å². The van der Waals surface area contributed by atoms with Gasteiger partial charge in [0, 0.05) is 26.8 Å². The van der Waals surface area contributed by atoms with Crippen LogP contribution in [-0.2, 0) is 13.9 Å². The average molecular weight is 332 g/mol. The summed E-state index contributed by atoms with van der Waals surface area (Å²) < 4.78 is 17.4. The molecule has 1 aromatic carbocycles. The molecule has 0 unspecified atom stereocenters. The Labute approximate surface area is 115 Å². The first-order valence-corrected chi connectivity index (χ1v) is 7.09. The van der Waals surface area contributed by atoms with E-state index >= 15 is 0 Å². The molecule has 0 spiro atoms. The summed E-state index contributed by atoms with van der Waals surface area (Å²) in [6.07, 6.45) is 0. The second-order valence-corrected chi connectivity index (χ2v) is 4.14. The van der Waals surface area contributed by atoms with Gasteiger partial charge in [0.1, 0.15) is 0 Å². The molecule has 0 fully saturated rings. The predicted molar refractivity (Wildman–Crippen MR) is 69.8 cm³/mol. The summed E-state index contributed by atoms with van der Waals surface area (Å²) in [4.78, 5) is 39.0. The Kier molecular flexibility index (Phi) is 12.9. The summed E-state index contributed by atoms with van der Waals surface area (Å²) in [7, 11) is -5.74. The Balaban J connectivity index is 0. The monoisotopic (exact) mass is 331 g/mol. The molecule has 0 aliphatic carbocycles. The lowest BCUT2D eigenvalue weighted by Gasteiger charge is -1.99. The molecule has 0 heterocycles. The number of hydrogen-bond acceptors (Lipinski definition) is 3. The molecule has 8 nitrogen and oxygen atoms in total. The molecular formula is C8H12ClNO7P2+2. The second-order valence-electron chi connectivity index (χ2n) is 2.69. The molecule has 0 saturated carbocycles. The van der Waals surface area contributed by atoms with Crippen molar-refractivity contribution in [2.24, 2.45) is 0 Å². The topological polar surface area (TPSA) is 144 Å². The standard InChI is InChI=1S/C8H8ClNO.2HO3P/c1-6(11)10-8-4-2-7(9)3-5-8;2*1-4(2)3/h2-5H,1H3,(H,10,11);2*(H-,1,2,3)/p+2. The van der Waals surface area contributed by atoms with Crippen molar-refractivity contribution in [3.63, 3.8) is 0 Å². The summed E-state index contributed by atoms with van der Waals surface area (Å²) >= 11 is 5.64. The molecule has 0 aromatic heterocycles. The van der Waals surface area contributed by atoms with Crippen molar-refractivity contribution in [1.82, 2.24) is 0 Å². The molecule has 0 aliphatic heterocycles. The van der Waals surface area contributed by atoms with Gasteiger partial charge in [0.25, 0.3) is 0 Å². The zero-order chi connectivity index (χ0) is 15.4. The maximum absolute atomic E-state index is 10.6. The zero-order valence-electron chi connectivity index (χ0n) is 9.60. The van der Waals surface area contributed by atoms with Crippen LogP contribution in [0.2, 0.25) is 5.02 Å². The Morgan fingerprint density at radius 2 is 1.37 bits per heavy atom. The third kappa shape index (κ3) is 22.7. The van der Waals surface area contributed by atoms with Crippen molar-refractivity contribution >= 4 is 39.7 Å². The number of nitrogens with one attached hydrogen (secondary N) is 1. The van der Waals surface area contributed by atoms with Crippen LogP contribution in [0.4, 0.5) is 5.69 Å². The molecule has 11 heteroatoms. The lowest BCUT2D eigenvalue weighted by molar-refractivity contribution is -0.114. The van der Waals surface area contributed by atoms with E-state index in [9.17, 15) is 4.79 Å². The highest BCUT2D eigenvalue weighted by atomic mass is 35.5. The molecule has 0 saturated heterocycles. The molecular weight excluding hydrogens is 319 g/mol. The third-order valence-electron chi connectivity index (χ3n) is 1.16. The van der Waals surface area contributed by atoms with Gasteiger partial charge < -0.3 is 5.32 Å². The van der Waals surface area contributed by atoms with Gasteiger partial charge in [0.05, 0.1) is 0 Å². The Bertz CT molecular complexity index is 406. The highest BCUT2D eigenvalue weighted by Gasteiger charge is 1.94. The minimum absolute atomic E-state index is 0.0766. The normalized spacial score (nSPS) is 8.11. The van der Waals surface area contributed by atoms with Crippen LogP contribution >= 0.6 is 28.1 Å². The first kappa shape index (κ1) is 20.3. The van der Waals surface area contributed by atoms with Gasteiger partial charge in [-0.3, -0.25) is 4.79 Å². The summed E-state index contributed by atoms with van der Waals surface area (Å²) in [5.74, 6) is -0.0766. The maximum Gasteiger partial charge on any atom is 0.692 e. The van der Waals surface area contributed by atoms with Gasteiger partial charge in [-0.15, -0.1) is 19.6 Å². The molecule has 1 rings (SSSR count). The third-order valence-corrected chi connectivity index (χ3v) is 1.42. The molecule has 0 aliphatic rings. The van der Waals surface area contributed by atoms with Gasteiger partial charge in [-0.05, 0) is 24.3 Å². The van der Waals surface area contributed by atoms with E-state index in [0.717, 1.165) is 5.69 Å². The van der Waals surface area contributed by atoms with Gasteiger partial charge >= 0.3 is 16.5 Å². The van der Waals surface area contributed by atoms with E-state index < -0.39 is 16.5 Å². The largest absolute Gasteiger partial charge is 0.692 e. The molecule has 5 N–H and O–H groups in total. The SMILES string of the molecule is CC(=O)Nc1ccc(Cl)cc1.O=[P+](O)O.O=[P+](O)O. The lowest BCUT2D eigenvalue weighted by Crippen LogP contribution is -2.04. The summed E-state index contributed by atoms with van der Waals surface area (Å²) in [5.41, 5.74) is 0.766. The minimum Gasteiger partial charge on any atom is -0.326 e. The fourth-order valence-electron chi connectivity index (χ4n) is 0.736. The van der Waals surface area contributed by atoms with Crippen molar-refractivity contribution < 1.29 is 33.5 Å². The van der Waals surface area contributed by atoms with Crippen LogP contribution in [0.5, 0.6) is 0 Å². The first-order chi connectivity index (χ1) is 8.65. The zero-order valence-corrected chi connectivity index (χ0v) is 12.1. The number of amides is 1. The predicted octanol–water partition coefficient (Wildman–Crippen LogP) is 1.56. The van der Waals surface area contributed by atoms with Gasteiger partial charge in [0.2, 0.25) is 5.91 Å². The number of carbonyl (C=O) groups excluding carboxylic acids is 1. The summed E-state index contributed by atoms with van der Waals surface area (Å²) in [6.45, 7) is 1.47. The molecule has 0 radical (unpaired) electrons. The number of anilines is 1. The van der Waals surface area contributed by atoms with Gasteiger partial charge in [0.15, 0.2) is 0 Å².